The van der Waals surface area contributed by atoms with Gasteiger partial charge in [0, 0.05) is 18.3 Å². The molecule has 1 saturated heterocycles. The number of rotatable bonds is 10. The summed E-state index contributed by atoms with van der Waals surface area (Å²) in [6, 6.07) is 0. The first-order valence-corrected chi connectivity index (χ1v) is 19.1. The summed E-state index contributed by atoms with van der Waals surface area (Å²) in [5.74, 6) is -1.91. The predicted molar refractivity (Wildman–Crippen MR) is 174 cm³/mol. The summed E-state index contributed by atoms with van der Waals surface area (Å²) in [7, 11) is -5.02. The van der Waals surface area contributed by atoms with Crippen LogP contribution in [0.1, 0.15) is 73.1 Å². The molecule has 49 heavy (non-hydrogen) atoms. The number of ether oxygens (including phenoxy) is 2. The molecular weight excluding hydrogens is 664 g/mol. The Kier molecular flexibility index (Phi) is 11.4. The second kappa shape index (κ2) is 14.2. The molecule has 5 fully saturated rings. The van der Waals surface area contributed by atoms with Crippen LogP contribution in [0.25, 0.3) is 0 Å². The van der Waals surface area contributed by atoms with Crippen LogP contribution >= 0.6 is 0 Å². The minimum absolute atomic E-state index is 0.000802. The Morgan fingerprint density at radius 3 is 2.18 bits per heavy atom. The lowest BCUT2D eigenvalue weighted by Crippen LogP contribution is -2.68. The molecule has 14 nitrogen and oxygen atoms in total. The van der Waals surface area contributed by atoms with Gasteiger partial charge >= 0.3 is 10.4 Å². The van der Waals surface area contributed by atoms with E-state index < -0.39 is 100 Å². The zero-order valence-electron chi connectivity index (χ0n) is 29.0. The SMILES string of the molecule is CC(C)C(/C=C/[C@@H](C)[C@H]1[C@@H](O)[C@@H](O)C2[C@]3(O)C[C@H](O)C4C[C@@H](O)CC[C@]4(C)C3CC[C@@]21C)CO[C@@H]1O[C@H](CO)[C@@H](OS(=O)(=O)O)[C@H](O)[C@H]1O. The third-order valence-corrected chi connectivity index (χ3v) is 13.9. The van der Waals surface area contributed by atoms with Crippen molar-refractivity contribution in [3.05, 3.63) is 12.2 Å². The molecule has 4 unspecified atom stereocenters. The number of fused-ring (bicyclic) bond motifs is 5. The zero-order valence-corrected chi connectivity index (χ0v) is 29.8. The number of hydrogen-bond donors (Lipinski definition) is 9. The first-order valence-electron chi connectivity index (χ1n) is 17.7. The minimum Gasteiger partial charge on any atom is -0.394 e. The van der Waals surface area contributed by atoms with Gasteiger partial charge in [-0.1, -0.05) is 46.8 Å². The molecule has 0 bridgehead atoms. The van der Waals surface area contributed by atoms with Crippen molar-refractivity contribution in [3.8, 4) is 0 Å². The summed E-state index contributed by atoms with van der Waals surface area (Å²) in [5, 5.41) is 88.3. The highest BCUT2D eigenvalue weighted by molar-refractivity contribution is 7.80. The molecule has 0 aromatic rings. The summed E-state index contributed by atoms with van der Waals surface area (Å²) in [4.78, 5) is 0. The molecule has 4 aliphatic carbocycles. The monoisotopic (exact) mass is 722 g/mol. The number of aliphatic hydroxyl groups is 8. The van der Waals surface area contributed by atoms with Crippen LogP contribution in [-0.2, 0) is 24.1 Å². The predicted octanol–water partition coefficient (Wildman–Crippen LogP) is 0.142. The average molecular weight is 723 g/mol. The van der Waals surface area contributed by atoms with Crippen molar-refractivity contribution < 1.29 is 67.5 Å². The highest BCUT2D eigenvalue weighted by Gasteiger charge is 2.72. The van der Waals surface area contributed by atoms with E-state index in [4.69, 9.17) is 14.0 Å². The van der Waals surface area contributed by atoms with Crippen molar-refractivity contribution in [2.45, 2.75) is 134 Å². The van der Waals surface area contributed by atoms with E-state index in [1.807, 2.05) is 39.8 Å². The number of hydrogen-bond acceptors (Lipinski definition) is 13. The highest BCUT2D eigenvalue weighted by atomic mass is 32.3. The first kappa shape index (κ1) is 39.4. The lowest BCUT2D eigenvalue weighted by molar-refractivity contribution is -0.299. The van der Waals surface area contributed by atoms with Crippen LogP contribution in [0, 0.1) is 52.3 Å². The molecule has 5 aliphatic rings. The summed E-state index contributed by atoms with van der Waals surface area (Å²) in [5.41, 5.74) is -2.44. The molecule has 9 N–H and O–H groups in total. The molecule has 0 aromatic heterocycles. The van der Waals surface area contributed by atoms with Gasteiger partial charge in [-0.3, -0.25) is 4.55 Å². The maximum atomic E-state index is 12.5. The molecule has 0 amide bonds. The highest BCUT2D eigenvalue weighted by Crippen LogP contribution is 2.69. The molecule has 4 saturated carbocycles. The summed E-state index contributed by atoms with van der Waals surface area (Å²) in [6.45, 7) is 9.21. The molecule has 15 heteroatoms. The molecule has 1 heterocycles. The van der Waals surface area contributed by atoms with Crippen molar-refractivity contribution >= 4 is 10.4 Å². The van der Waals surface area contributed by atoms with Gasteiger partial charge in [0.1, 0.15) is 24.4 Å². The maximum Gasteiger partial charge on any atom is 0.397 e. The number of allylic oxidation sites excluding steroid dienone is 1. The van der Waals surface area contributed by atoms with Gasteiger partial charge in [-0.25, -0.2) is 4.18 Å². The molecular formula is C34H58O14S. The maximum absolute atomic E-state index is 12.5. The van der Waals surface area contributed by atoms with Crippen molar-refractivity contribution in [2.75, 3.05) is 13.2 Å². The van der Waals surface area contributed by atoms with Crippen molar-refractivity contribution in [1.82, 2.24) is 0 Å². The lowest BCUT2D eigenvalue weighted by atomic mass is 9.42. The van der Waals surface area contributed by atoms with Gasteiger partial charge in [0.25, 0.3) is 0 Å². The first-order chi connectivity index (χ1) is 22.7. The van der Waals surface area contributed by atoms with Crippen LogP contribution in [0.15, 0.2) is 12.2 Å². The lowest BCUT2D eigenvalue weighted by Gasteiger charge is -2.65. The van der Waals surface area contributed by atoms with E-state index in [0.717, 1.165) is 0 Å². The molecule has 284 valence electrons. The zero-order chi connectivity index (χ0) is 36.4. The van der Waals surface area contributed by atoms with E-state index in [0.29, 0.717) is 32.1 Å². The van der Waals surface area contributed by atoms with E-state index in [1.54, 1.807) is 0 Å². The Bertz CT molecular complexity index is 1300. The van der Waals surface area contributed by atoms with Gasteiger partial charge < -0.3 is 50.3 Å². The Balaban J connectivity index is 1.30. The van der Waals surface area contributed by atoms with Crippen molar-refractivity contribution in [2.24, 2.45) is 52.3 Å². The van der Waals surface area contributed by atoms with Gasteiger partial charge in [0.2, 0.25) is 0 Å². The van der Waals surface area contributed by atoms with Crippen LogP contribution in [0.3, 0.4) is 0 Å². The molecule has 0 aromatic carbocycles. The van der Waals surface area contributed by atoms with E-state index in [9.17, 15) is 49.3 Å². The Labute approximate surface area is 289 Å². The Morgan fingerprint density at radius 1 is 0.918 bits per heavy atom. The van der Waals surface area contributed by atoms with E-state index in [1.165, 1.54) is 0 Å². The third kappa shape index (κ3) is 7.02. The Morgan fingerprint density at radius 2 is 1.57 bits per heavy atom. The topological polar surface area (TPSA) is 244 Å². The minimum atomic E-state index is -5.02. The molecule has 5 rings (SSSR count). The second-order valence-corrected chi connectivity index (χ2v) is 17.6. The Hall–Kier alpha value is -0.790. The van der Waals surface area contributed by atoms with Gasteiger partial charge in [0.15, 0.2) is 6.29 Å². The normalized spacial score (nSPS) is 50.1. The van der Waals surface area contributed by atoms with E-state index in [2.05, 4.69) is 11.1 Å². The van der Waals surface area contributed by atoms with Crippen LogP contribution in [0.4, 0.5) is 0 Å². The van der Waals surface area contributed by atoms with Crippen LogP contribution in [0.5, 0.6) is 0 Å². The molecule has 1 aliphatic heterocycles. The van der Waals surface area contributed by atoms with Gasteiger partial charge in [-0.15, -0.1) is 0 Å². The van der Waals surface area contributed by atoms with E-state index in [-0.39, 0.29) is 42.6 Å². The molecule has 0 radical (unpaired) electrons. The quantitative estimate of drug-likeness (QED) is 0.108. The van der Waals surface area contributed by atoms with Crippen molar-refractivity contribution in [3.63, 3.8) is 0 Å². The smallest absolute Gasteiger partial charge is 0.394 e. The number of aliphatic hydroxyl groups excluding tert-OH is 7. The third-order valence-electron chi connectivity index (χ3n) is 13.4. The summed E-state index contributed by atoms with van der Waals surface area (Å²) in [6.07, 6.45) is -4.81. The molecule has 18 atom stereocenters. The fourth-order valence-electron chi connectivity index (χ4n) is 11.0. The van der Waals surface area contributed by atoms with Gasteiger partial charge in [0.05, 0.1) is 43.2 Å². The van der Waals surface area contributed by atoms with Gasteiger partial charge in [-0.05, 0) is 72.5 Å². The fourth-order valence-corrected chi connectivity index (χ4v) is 11.5. The summed E-state index contributed by atoms with van der Waals surface area (Å²) < 4.78 is 47.2. The average Bonchev–Trinajstić information content (AvgIpc) is 3.21. The van der Waals surface area contributed by atoms with Crippen LogP contribution < -0.4 is 0 Å². The standard InChI is InChI=1S/C34H58O14S/c1-16(2)18(15-46-31-28(41)26(39)29(22(14-35)47-31)48-49(43,44)45)7-6-17(3)24-25(38)27(40)30-33(24,5)11-9-23-32(4)10-8-19(36)12-20(32)21(37)13-34(23,30)42/h6-7,16-31,35-42H,8-15H2,1-5H3,(H,43,44,45)/b7-6+/t17-,18?,19+,20?,21+,22-,23?,24+,25-,26-,27-,28-,29-,30?,31-,32+,33-,34+/m1/s1. The van der Waals surface area contributed by atoms with E-state index >= 15 is 0 Å². The summed E-state index contributed by atoms with van der Waals surface area (Å²) >= 11 is 0. The largest absolute Gasteiger partial charge is 0.397 e. The van der Waals surface area contributed by atoms with Crippen LogP contribution in [-0.4, -0.2) is 128 Å². The van der Waals surface area contributed by atoms with Crippen molar-refractivity contribution in [1.29, 1.82) is 0 Å². The van der Waals surface area contributed by atoms with Crippen LogP contribution in [0.2, 0.25) is 0 Å². The fraction of sp³-hybridized carbons (Fsp3) is 0.941. The molecule has 0 spiro atoms. The van der Waals surface area contributed by atoms with Gasteiger partial charge in [-0.2, -0.15) is 8.42 Å². The second-order valence-electron chi connectivity index (χ2n) is 16.6.